The van der Waals surface area contributed by atoms with Crippen molar-refractivity contribution in [1.82, 2.24) is 15.5 Å². The number of rotatable bonds is 6. The Morgan fingerprint density at radius 3 is 2.44 bits per heavy atom. The number of nitrogens with zero attached hydrogens (tertiary/aromatic N) is 1. The molecule has 1 aromatic rings. The summed E-state index contributed by atoms with van der Waals surface area (Å²) in [5.41, 5.74) is 1.72. The molecular formula is C21H34N4O2. The molecule has 27 heavy (non-hydrogen) atoms. The maximum Gasteiger partial charge on any atom is 0.321 e. The highest BCUT2D eigenvalue weighted by atomic mass is 16.2. The van der Waals surface area contributed by atoms with Gasteiger partial charge in [-0.05, 0) is 52.3 Å². The van der Waals surface area contributed by atoms with Crippen LogP contribution in [0.5, 0.6) is 0 Å². The summed E-state index contributed by atoms with van der Waals surface area (Å²) in [5.74, 6) is -0.354. The summed E-state index contributed by atoms with van der Waals surface area (Å²) in [6, 6.07) is 8.21. The van der Waals surface area contributed by atoms with Gasteiger partial charge in [0, 0.05) is 23.8 Å². The van der Waals surface area contributed by atoms with Crippen molar-refractivity contribution in [3.8, 4) is 0 Å². The predicted molar refractivity (Wildman–Crippen MR) is 110 cm³/mol. The molecular weight excluding hydrogens is 340 g/mol. The Kier molecular flexibility index (Phi) is 7.66. The lowest BCUT2D eigenvalue weighted by Gasteiger charge is -2.31. The standard InChI is InChI=1S/C21H34N4O2/c1-21(2,3)24-20(27)23-19(26)14-22-18-13-9-8-10-16(18)15-25(4)17-11-6-5-7-12-17/h8-10,13,17,22H,5-7,11-12,14-15H2,1-4H3,(H2,23,24,26,27). The number of hydrogen-bond donors (Lipinski definition) is 3. The number of anilines is 1. The second-order valence-electron chi connectivity index (χ2n) is 8.47. The minimum atomic E-state index is -0.473. The third-order valence-electron chi connectivity index (χ3n) is 4.82. The molecule has 1 fully saturated rings. The van der Waals surface area contributed by atoms with Crippen LogP contribution in [0.4, 0.5) is 10.5 Å². The van der Waals surface area contributed by atoms with Crippen molar-refractivity contribution < 1.29 is 9.59 Å². The summed E-state index contributed by atoms with van der Waals surface area (Å²) >= 11 is 0. The van der Waals surface area contributed by atoms with E-state index >= 15 is 0 Å². The molecule has 0 atom stereocenters. The molecule has 1 aromatic carbocycles. The van der Waals surface area contributed by atoms with Crippen LogP contribution in [0.15, 0.2) is 24.3 Å². The van der Waals surface area contributed by atoms with E-state index in [0.29, 0.717) is 6.04 Å². The Morgan fingerprint density at radius 2 is 1.78 bits per heavy atom. The van der Waals surface area contributed by atoms with Crippen molar-refractivity contribution in [2.45, 2.75) is 71.0 Å². The van der Waals surface area contributed by atoms with E-state index in [1.165, 1.54) is 32.1 Å². The van der Waals surface area contributed by atoms with E-state index in [1.807, 2.05) is 39.0 Å². The van der Waals surface area contributed by atoms with Gasteiger partial charge in [-0.3, -0.25) is 15.0 Å². The minimum absolute atomic E-state index is 0.0573. The van der Waals surface area contributed by atoms with Gasteiger partial charge in [-0.25, -0.2) is 4.79 Å². The molecule has 0 radical (unpaired) electrons. The Bertz CT molecular complexity index is 633. The molecule has 3 amide bonds. The van der Waals surface area contributed by atoms with E-state index in [4.69, 9.17) is 0 Å². The van der Waals surface area contributed by atoms with Crippen LogP contribution in [0.3, 0.4) is 0 Å². The highest BCUT2D eigenvalue weighted by Gasteiger charge is 2.19. The zero-order valence-electron chi connectivity index (χ0n) is 17.1. The molecule has 0 heterocycles. The fourth-order valence-electron chi connectivity index (χ4n) is 3.47. The Balaban J connectivity index is 1.87. The summed E-state index contributed by atoms with van der Waals surface area (Å²) in [6.07, 6.45) is 6.49. The lowest BCUT2D eigenvalue weighted by Crippen LogP contribution is -2.49. The third-order valence-corrected chi connectivity index (χ3v) is 4.82. The number of imide groups is 1. The highest BCUT2D eigenvalue weighted by molar-refractivity contribution is 5.96. The minimum Gasteiger partial charge on any atom is -0.376 e. The number of urea groups is 1. The lowest BCUT2D eigenvalue weighted by atomic mass is 9.94. The smallest absolute Gasteiger partial charge is 0.321 e. The Morgan fingerprint density at radius 1 is 1.11 bits per heavy atom. The van der Waals surface area contributed by atoms with Gasteiger partial charge in [-0.2, -0.15) is 0 Å². The van der Waals surface area contributed by atoms with Crippen LogP contribution in [-0.4, -0.2) is 42.0 Å². The SMILES string of the molecule is CN(Cc1ccccc1NCC(=O)NC(=O)NC(C)(C)C)C1CCCCC1. The predicted octanol–water partition coefficient (Wildman–Crippen LogP) is 3.49. The Labute approximate surface area is 163 Å². The highest BCUT2D eigenvalue weighted by Crippen LogP contribution is 2.24. The van der Waals surface area contributed by atoms with Crippen molar-refractivity contribution in [2.24, 2.45) is 0 Å². The number of amides is 3. The van der Waals surface area contributed by atoms with E-state index in [-0.39, 0.29) is 18.0 Å². The van der Waals surface area contributed by atoms with Gasteiger partial charge in [0.15, 0.2) is 0 Å². The molecule has 0 unspecified atom stereocenters. The molecule has 6 heteroatoms. The third kappa shape index (κ3) is 7.59. The molecule has 1 aliphatic rings. The van der Waals surface area contributed by atoms with E-state index in [1.54, 1.807) is 0 Å². The molecule has 1 aliphatic carbocycles. The van der Waals surface area contributed by atoms with Gasteiger partial charge in [0.25, 0.3) is 0 Å². The molecule has 0 aliphatic heterocycles. The van der Waals surface area contributed by atoms with E-state index in [2.05, 4.69) is 34.0 Å². The van der Waals surface area contributed by atoms with Crippen molar-refractivity contribution in [3.63, 3.8) is 0 Å². The van der Waals surface area contributed by atoms with Gasteiger partial charge >= 0.3 is 6.03 Å². The van der Waals surface area contributed by atoms with Crippen LogP contribution in [0.25, 0.3) is 0 Å². The van der Waals surface area contributed by atoms with Crippen molar-refractivity contribution in [2.75, 3.05) is 18.9 Å². The first-order chi connectivity index (χ1) is 12.7. The van der Waals surface area contributed by atoms with Crippen molar-refractivity contribution in [1.29, 1.82) is 0 Å². The van der Waals surface area contributed by atoms with Gasteiger partial charge < -0.3 is 10.6 Å². The molecule has 0 saturated heterocycles. The normalized spacial score (nSPS) is 15.4. The average molecular weight is 375 g/mol. The molecule has 150 valence electrons. The topological polar surface area (TPSA) is 73.5 Å². The molecule has 2 rings (SSSR count). The Hall–Kier alpha value is -2.08. The van der Waals surface area contributed by atoms with E-state index < -0.39 is 6.03 Å². The summed E-state index contributed by atoms with van der Waals surface area (Å²) in [4.78, 5) is 26.3. The summed E-state index contributed by atoms with van der Waals surface area (Å²) in [5, 5.41) is 8.24. The van der Waals surface area contributed by atoms with Gasteiger partial charge in [-0.15, -0.1) is 0 Å². The summed E-state index contributed by atoms with van der Waals surface area (Å²) in [7, 11) is 2.18. The molecule has 0 spiro atoms. The average Bonchev–Trinajstić information content (AvgIpc) is 2.60. The monoisotopic (exact) mass is 374 g/mol. The maximum atomic E-state index is 12.0. The molecule has 1 saturated carbocycles. The zero-order valence-corrected chi connectivity index (χ0v) is 17.1. The van der Waals surface area contributed by atoms with E-state index in [9.17, 15) is 9.59 Å². The number of carbonyl (C=O) groups is 2. The number of hydrogen-bond acceptors (Lipinski definition) is 4. The quantitative estimate of drug-likeness (QED) is 0.713. The number of para-hydroxylation sites is 1. The second-order valence-corrected chi connectivity index (χ2v) is 8.47. The molecule has 0 bridgehead atoms. The fourth-order valence-corrected chi connectivity index (χ4v) is 3.47. The molecule has 3 N–H and O–H groups in total. The lowest BCUT2D eigenvalue weighted by molar-refractivity contribution is -0.118. The molecule has 6 nitrogen and oxygen atoms in total. The number of nitrogens with one attached hydrogen (secondary N) is 3. The van der Waals surface area contributed by atoms with Gasteiger partial charge in [0.05, 0.1) is 6.54 Å². The van der Waals surface area contributed by atoms with Crippen molar-refractivity contribution in [3.05, 3.63) is 29.8 Å². The van der Waals surface area contributed by atoms with Crippen LogP contribution in [0.1, 0.15) is 58.4 Å². The van der Waals surface area contributed by atoms with Crippen LogP contribution in [-0.2, 0) is 11.3 Å². The van der Waals surface area contributed by atoms with Crippen LogP contribution in [0, 0.1) is 0 Å². The summed E-state index contributed by atoms with van der Waals surface area (Å²) in [6.45, 7) is 6.51. The van der Waals surface area contributed by atoms with Gasteiger partial charge in [0.1, 0.15) is 0 Å². The fraction of sp³-hybridized carbons (Fsp3) is 0.619. The molecule has 0 aromatic heterocycles. The van der Waals surface area contributed by atoms with Crippen LogP contribution < -0.4 is 16.0 Å². The second kappa shape index (κ2) is 9.74. The van der Waals surface area contributed by atoms with Crippen LogP contribution in [0.2, 0.25) is 0 Å². The first-order valence-electron chi connectivity index (χ1n) is 9.88. The number of benzene rings is 1. The largest absolute Gasteiger partial charge is 0.376 e. The van der Waals surface area contributed by atoms with Gasteiger partial charge in [0.2, 0.25) is 5.91 Å². The van der Waals surface area contributed by atoms with E-state index in [0.717, 1.165) is 17.8 Å². The van der Waals surface area contributed by atoms with Gasteiger partial charge in [-0.1, -0.05) is 37.5 Å². The first kappa shape index (κ1) is 21.2. The van der Waals surface area contributed by atoms with Crippen LogP contribution >= 0.6 is 0 Å². The maximum absolute atomic E-state index is 12.0. The zero-order chi connectivity index (χ0) is 19.9. The first-order valence-corrected chi connectivity index (χ1v) is 9.88. The number of carbonyl (C=O) groups excluding carboxylic acids is 2. The summed E-state index contributed by atoms with van der Waals surface area (Å²) < 4.78 is 0. The van der Waals surface area contributed by atoms with Crippen molar-refractivity contribution >= 4 is 17.6 Å².